The van der Waals surface area contributed by atoms with E-state index < -0.39 is 6.16 Å². The molecule has 2 amide bonds. The fourth-order valence-electron chi connectivity index (χ4n) is 3.46. The van der Waals surface area contributed by atoms with Gasteiger partial charge in [0.15, 0.2) is 0 Å². The molecular weight excluding hydrogens is 424 g/mol. The van der Waals surface area contributed by atoms with Crippen molar-refractivity contribution in [3.8, 4) is 11.5 Å². The van der Waals surface area contributed by atoms with Crippen LogP contribution in [0.2, 0.25) is 0 Å². The van der Waals surface area contributed by atoms with Crippen LogP contribution in [0.25, 0.3) is 0 Å². The van der Waals surface area contributed by atoms with Gasteiger partial charge in [-0.15, -0.1) is 0 Å². The molecule has 1 fully saturated rings. The van der Waals surface area contributed by atoms with Gasteiger partial charge in [-0.1, -0.05) is 17.7 Å². The Hall–Kier alpha value is -3.55. The first-order valence-corrected chi connectivity index (χ1v) is 11.2. The van der Waals surface area contributed by atoms with E-state index in [-0.39, 0.29) is 18.4 Å². The van der Waals surface area contributed by atoms with Crippen LogP contribution in [0, 0.1) is 6.92 Å². The zero-order chi connectivity index (χ0) is 23.6. The fraction of sp³-hybridized carbons (Fsp3) is 0.400. The van der Waals surface area contributed by atoms with Crippen LogP contribution in [0.3, 0.4) is 0 Å². The number of nitrogens with zero attached hydrogens (tertiary/aromatic N) is 2. The molecule has 1 heterocycles. The van der Waals surface area contributed by atoms with Crippen LogP contribution in [-0.2, 0) is 9.53 Å². The summed E-state index contributed by atoms with van der Waals surface area (Å²) in [6.07, 6.45) is 0.285. The molecule has 1 aliphatic rings. The first-order valence-electron chi connectivity index (χ1n) is 11.2. The van der Waals surface area contributed by atoms with Crippen molar-refractivity contribution < 1.29 is 28.6 Å². The predicted octanol–water partition coefficient (Wildman–Crippen LogP) is 3.67. The van der Waals surface area contributed by atoms with Crippen molar-refractivity contribution in [2.24, 2.45) is 0 Å². The number of piperazine rings is 1. The number of hydrogen-bond acceptors (Lipinski definition) is 6. The van der Waals surface area contributed by atoms with Gasteiger partial charge in [-0.05, 0) is 56.7 Å². The molecule has 1 saturated heterocycles. The molecule has 0 unspecified atom stereocenters. The van der Waals surface area contributed by atoms with Crippen molar-refractivity contribution >= 4 is 18.0 Å². The molecule has 0 bridgehead atoms. The summed E-state index contributed by atoms with van der Waals surface area (Å²) in [4.78, 5) is 40.1. The molecule has 8 heteroatoms. The first-order chi connectivity index (χ1) is 16.0. The lowest BCUT2D eigenvalue weighted by Crippen LogP contribution is -2.50. The topological polar surface area (TPSA) is 85.4 Å². The monoisotopic (exact) mass is 454 g/mol. The Kier molecular flexibility index (Phi) is 8.69. The highest BCUT2D eigenvalue weighted by Crippen LogP contribution is 2.16. The maximum atomic E-state index is 12.8. The second-order valence-electron chi connectivity index (χ2n) is 7.75. The molecule has 2 aromatic rings. The minimum atomic E-state index is -0.779. The van der Waals surface area contributed by atoms with Gasteiger partial charge in [-0.25, -0.2) is 4.79 Å². The van der Waals surface area contributed by atoms with Crippen LogP contribution in [0.4, 0.5) is 4.79 Å². The Labute approximate surface area is 194 Å². The third-order valence-corrected chi connectivity index (χ3v) is 5.31. The van der Waals surface area contributed by atoms with Crippen molar-refractivity contribution in [1.82, 2.24) is 9.80 Å². The Morgan fingerprint density at radius 3 is 2.09 bits per heavy atom. The van der Waals surface area contributed by atoms with Gasteiger partial charge >= 0.3 is 6.16 Å². The summed E-state index contributed by atoms with van der Waals surface area (Å²) in [5.74, 6) is 1.08. The second-order valence-corrected chi connectivity index (χ2v) is 7.75. The maximum absolute atomic E-state index is 12.8. The van der Waals surface area contributed by atoms with Crippen molar-refractivity contribution in [2.45, 2.75) is 26.7 Å². The Morgan fingerprint density at radius 2 is 1.45 bits per heavy atom. The van der Waals surface area contributed by atoms with E-state index in [1.54, 1.807) is 41.0 Å². The highest BCUT2D eigenvalue weighted by molar-refractivity contribution is 5.94. The zero-order valence-corrected chi connectivity index (χ0v) is 19.1. The Bertz CT molecular complexity index is 934. The van der Waals surface area contributed by atoms with Crippen molar-refractivity contribution in [3.05, 3.63) is 59.7 Å². The molecule has 0 N–H and O–H groups in total. The standard InChI is InChI=1S/C25H30N2O6/c1-3-31-25(30)33-22-12-8-20(9-13-22)24(29)27-16-14-26(15-17-27)23(28)5-4-18-32-21-10-6-19(2)7-11-21/h6-13H,3-5,14-18H2,1-2H3. The third-order valence-electron chi connectivity index (χ3n) is 5.31. The van der Waals surface area contributed by atoms with Crippen LogP contribution in [0.15, 0.2) is 48.5 Å². The van der Waals surface area contributed by atoms with Gasteiger partial charge in [0.2, 0.25) is 5.91 Å². The fourth-order valence-corrected chi connectivity index (χ4v) is 3.46. The van der Waals surface area contributed by atoms with Gasteiger partial charge in [-0.3, -0.25) is 9.59 Å². The molecule has 2 aromatic carbocycles. The van der Waals surface area contributed by atoms with Gasteiger partial charge in [0, 0.05) is 38.2 Å². The number of carbonyl (C=O) groups is 3. The molecule has 0 atom stereocenters. The number of carbonyl (C=O) groups excluding carboxylic acids is 3. The van der Waals surface area contributed by atoms with Gasteiger partial charge in [0.25, 0.3) is 5.91 Å². The molecule has 3 rings (SSSR count). The molecule has 33 heavy (non-hydrogen) atoms. The minimum Gasteiger partial charge on any atom is -0.494 e. The summed E-state index contributed by atoms with van der Waals surface area (Å²) in [6, 6.07) is 14.2. The van der Waals surface area contributed by atoms with Gasteiger partial charge in [0.05, 0.1) is 13.2 Å². The average Bonchev–Trinajstić information content (AvgIpc) is 2.83. The summed E-state index contributed by atoms with van der Waals surface area (Å²) in [6.45, 7) is 6.40. The van der Waals surface area contributed by atoms with E-state index in [0.29, 0.717) is 56.9 Å². The summed E-state index contributed by atoms with van der Waals surface area (Å²) < 4.78 is 15.4. The molecule has 8 nitrogen and oxygen atoms in total. The van der Waals surface area contributed by atoms with E-state index in [2.05, 4.69) is 0 Å². The molecule has 0 radical (unpaired) electrons. The number of benzene rings is 2. The molecule has 0 spiro atoms. The molecule has 0 aliphatic carbocycles. The number of aryl methyl sites for hydroxylation is 1. The minimum absolute atomic E-state index is 0.0788. The normalized spacial score (nSPS) is 13.4. The smallest absolute Gasteiger partial charge is 0.494 e. The summed E-state index contributed by atoms with van der Waals surface area (Å²) in [7, 11) is 0. The Morgan fingerprint density at radius 1 is 0.848 bits per heavy atom. The van der Waals surface area contributed by atoms with Crippen LogP contribution in [-0.4, -0.2) is 67.2 Å². The van der Waals surface area contributed by atoms with Crippen LogP contribution >= 0.6 is 0 Å². The second kappa shape index (κ2) is 11.9. The quantitative estimate of drug-likeness (QED) is 0.344. The molecular formula is C25H30N2O6. The number of hydrogen-bond donors (Lipinski definition) is 0. The first kappa shape index (κ1) is 24.1. The third kappa shape index (κ3) is 7.24. The van der Waals surface area contributed by atoms with E-state index in [4.69, 9.17) is 14.2 Å². The van der Waals surface area contributed by atoms with Crippen LogP contribution < -0.4 is 9.47 Å². The van der Waals surface area contributed by atoms with E-state index >= 15 is 0 Å². The van der Waals surface area contributed by atoms with Crippen molar-refractivity contribution in [1.29, 1.82) is 0 Å². The van der Waals surface area contributed by atoms with E-state index in [9.17, 15) is 14.4 Å². The highest BCUT2D eigenvalue weighted by Gasteiger charge is 2.24. The summed E-state index contributed by atoms with van der Waals surface area (Å²) >= 11 is 0. The van der Waals surface area contributed by atoms with E-state index in [1.807, 2.05) is 31.2 Å². The number of amides is 2. The maximum Gasteiger partial charge on any atom is 0.513 e. The lowest BCUT2D eigenvalue weighted by molar-refractivity contribution is -0.132. The van der Waals surface area contributed by atoms with Gasteiger partial charge in [0.1, 0.15) is 11.5 Å². The molecule has 0 aromatic heterocycles. The molecule has 1 aliphatic heterocycles. The zero-order valence-electron chi connectivity index (χ0n) is 19.1. The van der Waals surface area contributed by atoms with Gasteiger partial charge < -0.3 is 24.0 Å². The largest absolute Gasteiger partial charge is 0.513 e. The number of rotatable bonds is 8. The van der Waals surface area contributed by atoms with Crippen LogP contribution in [0.1, 0.15) is 35.7 Å². The molecule has 176 valence electrons. The van der Waals surface area contributed by atoms with E-state index in [0.717, 1.165) is 5.75 Å². The molecule has 0 saturated carbocycles. The summed E-state index contributed by atoms with van der Waals surface area (Å²) in [5.41, 5.74) is 1.68. The summed E-state index contributed by atoms with van der Waals surface area (Å²) in [5, 5.41) is 0. The lowest BCUT2D eigenvalue weighted by Gasteiger charge is -2.35. The lowest BCUT2D eigenvalue weighted by atomic mass is 10.1. The van der Waals surface area contributed by atoms with Gasteiger partial charge in [-0.2, -0.15) is 0 Å². The Balaban J connectivity index is 1.38. The highest BCUT2D eigenvalue weighted by atomic mass is 16.7. The van der Waals surface area contributed by atoms with Crippen molar-refractivity contribution in [2.75, 3.05) is 39.4 Å². The van der Waals surface area contributed by atoms with Crippen LogP contribution in [0.5, 0.6) is 11.5 Å². The predicted molar refractivity (Wildman–Crippen MR) is 122 cm³/mol. The van der Waals surface area contributed by atoms with E-state index in [1.165, 1.54) is 5.56 Å². The van der Waals surface area contributed by atoms with Crippen molar-refractivity contribution in [3.63, 3.8) is 0 Å². The average molecular weight is 455 g/mol. The SMILES string of the molecule is CCOC(=O)Oc1ccc(C(=O)N2CCN(C(=O)CCCOc3ccc(C)cc3)CC2)cc1. The number of ether oxygens (including phenoxy) is 3.